The van der Waals surface area contributed by atoms with Gasteiger partial charge in [-0.25, -0.2) is 23.4 Å². The first-order chi connectivity index (χ1) is 16.8. The van der Waals surface area contributed by atoms with E-state index in [0.717, 1.165) is 21.6 Å². The number of aliphatic hydroxyl groups excluding tert-OH is 1. The molecule has 178 valence electrons. The zero-order valence-corrected chi connectivity index (χ0v) is 19.2. The second-order valence-corrected chi connectivity index (χ2v) is 8.18. The third-order valence-electron chi connectivity index (χ3n) is 5.49. The van der Waals surface area contributed by atoms with E-state index >= 15 is 0 Å². The maximum absolute atomic E-state index is 13.7. The Bertz CT molecular complexity index is 1510. The van der Waals surface area contributed by atoms with Crippen LogP contribution in [0.15, 0.2) is 54.9 Å². The van der Waals surface area contributed by atoms with E-state index in [0.29, 0.717) is 28.4 Å². The Morgan fingerprint density at radius 1 is 0.971 bits per heavy atom. The lowest BCUT2D eigenvalue weighted by atomic mass is 10.1. The van der Waals surface area contributed by atoms with Gasteiger partial charge in [-0.2, -0.15) is 10.2 Å². The van der Waals surface area contributed by atoms with Crippen LogP contribution in [0.5, 0.6) is 0 Å². The van der Waals surface area contributed by atoms with Gasteiger partial charge in [-0.1, -0.05) is 0 Å². The fourth-order valence-electron chi connectivity index (χ4n) is 3.81. The van der Waals surface area contributed by atoms with Crippen molar-refractivity contribution < 1.29 is 13.9 Å². The summed E-state index contributed by atoms with van der Waals surface area (Å²) in [7, 11) is 0. The summed E-state index contributed by atoms with van der Waals surface area (Å²) >= 11 is 0. The van der Waals surface area contributed by atoms with Crippen LogP contribution >= 0.6 is 0 Å². The minimum atomic E-state index is -2.75. The Balaban J connectivity index is 1.56. The zero-order chi connectivity index (χ0) is 24.7. The summed E-state index contributed by atoms with van der Waals surface area (Å²) in [6.07, 6.45) is -2.07. The van der Waals surface area contributed by atoms with Gasteiger partial charge in [-0.05, 0) is 69.3 Å². The number of anilines is 2. The minimum absolute atomic E-state index is 0.138. The monoisotopic (exact) mass is 476 g/mol. The number of hydrogen-bond acceptors (Lipinski definition) is 7. The van der Waals surface area contributed by atoms with Crippen molar-refractivity contribution in [3.05, 3.63) is 77.5 Å². The van der Waals surface area contributed by atoms with E-state index in [1.54, 1.807) is 36.9 Å². The Morgan fingerprint density at radius 3 is 2.51 bits per heavy atom. The van der Waals surface area contributed by atoms with Crippen LogP contribution in [0.25, 0.3) is 22.7 Å². The number of halogens is 2. The standard InChI is InChI=1S/C24H22F2N8O/c1-13-4-8-21(31-30-13)28-16-5-7-19-18(11-16)27-12-33(19)22-9-6-17(15(3)35)24(29-22)34-20(23(25)26)10-14(2)32-34/h4-12,15,23,35H,1-3H3,(H,28,31). The first-order valence-corrected chi connectivity index (χ1v) is 10.9. The lowest BCUT2D eigenvalue weighted by Crippen LogP contribution is -2.12. The number of hydrogen-bond donors (Lipinski definition) is 2. The predicted molar refractivity (Wildman–Crippen MR) is 126 cm³/mol. The number of alkyl halides is 2. The van der Waals surface area contributed by atoms with Crippen molar-refractivity contribution in [2.45, 2.75) is 33.3 Å². The average Bonchev–Trinajstić information content (AvgIpc) is 3.43. The quantitative estimate of drug-likeness (QED) is 0.364. The molecule has 0 radical (unpaired) electrons. The van der Waals surface area contributed by atoms with Crippen LogP contribution in [-0.2, 0) is 0 Å². The molecule has 4 heterocycles. The van der Waals surface area contributed by atoms with Crippen LogP contribution in [0.1, 0.15) is 42.1 Å². The van der Waals surface area contributed by atoms with Gasteiger partial charge in [-0.15, -0.1) is 5.10 Å². The largest absolute Gasteiger partial charge is 0.389 e. The number of aliphatic hydroxyl groups is 1. The number of aryl methyl sites for hydroxylation is 2. The van der Waals surface area contributed by atoms with Crippen molar-refractivity contribution >= 4 is 22.5 Å². The normalized spacial score (nSPS) is 12.4. The molecule has 35 heavy (non-hydrogen) atoms. The maximum Gasteiger partial charge on any atom is 0.280 e. The van der Waals surface area contributed by atoms with Gasteiger partial charge in [0.2, 0.25) is 0 Å². The number of pyridine rings is 1. The van der Waals surface area contributed by atoms with Gasteiger partial charge in [0.15, 0.2) is 11.6 Å². The van der Waals surface area contributed by atoms with Crippen LogP contribution in [0.2, 0.25) is 0 Å². The minimum Gasteiger partial charge on any atom is -0.389 e. The molecule has 1 atom stereocenters. The Kier molecular flexibility index (Phi) is 5.69. The molecule has 9 nitrogen and oxygen atoms in total. The summed E-state index contributed by atoms with van der Waals surface area (Å²) in [5.74, 6) is 1.20. The molecule has 0 aliphatic heterocycles. The van der Waals surface area contributed by atoms with E-state index in [-0.39, 0.29) is 11.5 Å². The van der Waals surface area contributed by atoms with Gasteiger partial charge in [-0.3, -0.25) is 4.57 Å². The number of nitrogens with one attached hydrogen (secondary N) is 1. The highest BCUT2D eigenvalue weighted by atomic mass is 19.3. The van der Waals surface area contributed by atoms with E-state index in [1.165, 1.54) is 6.07 Å². The molecule has 1 aromatic carbocycles. The Morgan fingerprint density at radius 2 is 1.80 bits per heavy atom. The number of fused-ring (bicyclic) bond motifs is 1. The number of aromatic nitrogens is 7. The van der Waals surface area contributed by atoms with Gasteiger partial charge in [0.1, 0.15) is 17.8 Å². The second-order valence-electron chi connectivity index (χ2n) is 8.18. The molecule has 0 bridgehead atoms. The molecule has 0 saturated heterocycles. The number of nitrogens with zero attached hydrogens (tertiary/aromatic N) is 7. The Hall–Kier alpha value is -4.25. The van der Waals surface area contributed by atoms with Crippen molar-refractivity contribution in [1.82, 2.24) is 34.5 Å². The topological polar surface area (TPSA) is 107 Å². The summed E-state index contributed by atoms with van der Waals surface area (Å²) in [5.41, 5.74) is 3.58. The summed E-state index contributed by atoms with van der Waals surface area (Å²) in [6.45, 7) is 5.05. The lowest BCUT2D eigenvalue weighted by Gasteiger charge is -2.15. The smallest absolute Gasteiger partial charge is 0.280 e. The molecule has 11 heteroatoms. The maximum atomic E-state index is 13.7. The number of imidazole rings is 1. The molecule has 0 amide bonds. The van der Waals surface area contributed by atoms with Crippen LogP contribution < -0.4 is 5.32 Å². The molecule has 0 spiro atoms. The SMILES string of the molecule is Cc1ccc(Nc2ccc3c(c2)ncn3-c2ccc(C(C)O)c(-n3nc(C)cc3C(F)F)n2)nn1. The molecule has 0 saturated carbocycles. The fraction of sp³-hybridized carbons (Fsp3) is 0.208. The van der Waals surface area contributed by atoms with E-state index in [2.05, 4.69) is 30.6 Å². The third kappa shape index (κ3) is 4.33. The molecule has 0 aliphatic rings. The molecule has 1 unspecified atom stereocenters. The summed E-state index contributed by atoms with van der Waals surface area (Å²) in [6, 6.07) is 14.0. The number of benzene rings is 1. The fourth-order valence-corrected chi connectivity index (χ4v) is 3.81. The first kappa shape index (κ1) is 22.5. The highest BCUT2D eigenvalue weighted by Crippen LogP contribution is 2.29. The lowest BCUT2D eigenvalue weighted by molar-refractivity contribution is 0.142. The van der Waals surface area contributed by atoms with Crippen molar-refractivity contribution in [2.75, 3.05) is 5.32 Å². The van der Waals surface area contributed by atoms with Gasteiger partial charge >= 0.3 is 0 Å². The van der Waals surface area contributed by atoms with E-state index in [9.17, 15) is 13.9 Å². The van der Waals surface area contributed by atoms with Crippen LogP contribution in [0.3, 0.4) is 0 Å². The highest BCUT2D eigenvalue weighted by molar-refractivity contribution is 5.82. The van der Waals surface area contributed by atoms with Crippen molar-refractivity contribution in [1.29, 1.82) is 0 Å². The van der Waals surface area contributed by atoms with Crippen LogP contribution in [0.4, 0.5) is 20.3 Å². The third-order valence-corrected chi connectivity index (χ3v) is 5.49. The van der Waals surface area contributed by atoms with Gasteiger partial charge in [0.25, 0.3) is 6.43 Å². The molecule has 2 N–H and O–H groups in total. The molecular formula is C24H22F2N8O. The molecular weight excluding hydrogens is 454 g/mol. The first-order valence-electron chi connectivity index (χ1n) is 10.9. The zero-order valence-electron chi connectivity index (χ0n) is 19.2. The second kappa shape index (κ2) is 8.84. The summed E-state index contributed by atoms with van der Waals surface area (Å²) in [5, 5.41) is 25.8. The van der Waals surface area contributed by atoms with Gasteiger partial charge in [0, 0.05) is 11.3 Å². The predicted octanol–water partition coefficient (Wildman–Crippen LogP) is 4.75. The summed E-state index contributed by atoms with van der Waals surface area (Å²) in [4.78, 5) is 9.08. The van der Waals surface area contributed by atoms with E-state index in [4.69, 9.17) is 0 Å². The van der Waals surface area contributed by atoms with E-state index in [1.807, 2.05) is 37.3 Å². The Labute approximate surface area is 199 Å². The van der Waals surface area contributed by atoms with Crippen molar-refractivity contribution in [2.24, 2.45) is 0 Å². The molecule has 4 aromatic heterocycles. The number of rotatable bonds is 6. The average molecular weight is 476 g/mol. The molecule has 0 aliphatic carbocycles. The van der Waals surface area contributed by atoms with Crippen LogP contribution in [0, 0.1) is 13.8 Å². The molecule has 5 rings (SSSR count). The van der Waals surface area contributed by atoms with Gasteiger partial charge in [0.05, 0.1) is 28.5 Å². The molecule has 0 fully saturated rings. The highest BCUT2D eigenvalue weighted by Gasteiger charge is 2.22. The summed E-state index contributed by atoms with van der Waals surface area (Å²) < 4.78 is 30.2. The molecule has 5 aromatic rings. The van der Waals surface area contributed by atoms with E-state index < -0.39 is 12.5 Å². The van der Waals surface area contributed by atoms with Gasteiger partial charge < -0.3 is 10.4 Å². The van der Waals surface area contributed by atoms with Crippen LogP contribution in [-0.4, -0.2) is 39.6 Å². The van der Waals surface area contributed by atoms with Crippen molar-refractivity contribution in [3.63, 3.8) is 0 Å². The van der Waals surface area contributed by atoms with Crippen molar-refractivity contribution in [3.8, 4) is 11.6 Å².